The molecule has 0 spiro atoms. The third-order valence-corrected chi connectivity index (χ3v) is 7.47. The van der Waals surface area contributed by atoms with E-state index < -0.39 is 10.2 Å². The van der Waals surface area contributed by atoms with Crippen molar-refractivity contribution in [2.45, 2.75) is 63.5 Å². The lowest BCUT2D eigenvalue weighted by molar-refractivity contribution is 0.187. The highest BCUT2D eigenvalue weighted by Crippen LogP contribution is 2.26. The van der Waals surface area contributed by atoms with Crippen LogP contribution in [0, 0.1) is 0 Å². The van der Waals surface area contributed by atoms with Gasteiger partial charge in [0.2, 0.25) is 0 Å². The maximum absolute atomic E-state index is 12.3. The van der Waals surface area contributed by atoms with Gasteiger partial charge in [-0.1, -0.05) is 25.7 Å². The molecule has 6 nitrogen and oxygen atoms in total. The number of piperazine rings is 1. The van der Waals surface area contributed by atoms with E-state index in [0.29, 0.717) is 5.69 Å². The predicted octanol–water partition coefficient (Wildman–Crippen LogP) is 2.94. The number of nitrogens with one attached hydrogen (secondary N) is 2. The van der Waals surface area contributed by atoms with E-state index in [1.807, 2.05) is 24.3 Å². The maximum Gasteiger partial charge on any atom is 0.299 e. The minimum atomic E-state index is -3.49. The van der Waals surface area contributed by atoms with E-state index in [2.05, 4.69) is 19.2 Å². The molecule has 7 heteroatoms. The van der Waals surface area contributed by atoms with E-state index in [4.69, 9.17) is 0 Å². The Labute approximate surface area is 163 Å². The van der Waals surface area contributed by atoms with Crippen molar-refractivity contribution in [3.63, 3.8) is 0 Å². The Bertz CT molecular complexity index is 702. The maximum atomic E-state index is 12.3. The highest BCUT2D eigenvalue weighted by atomic mass is 32.2. The second kappa shape index (κ2) is 8.37. The minimum absolute atomic E-state index is 0.0814. The molecular formula is C20H32N4O2S. The summed E-state index contributed by atoms with van der Waals surface area (Å²) in [7, 11) is -3.49. The van der Waals surface area contributed by atoms with Crippen molar-refractivity contribution in [3.8, 4) is 0 Å². The molecule has 0 atom stereocenters. The van der Waals surface area contributed by atoms with Gasteiger partial charge in [-0.05, 0) is 49.9 Å². The molecular weight excluding hydrogens is 360 g/mol. The van der Waals surface area contributed by atoms with Crippen LogP contribution < -0.4 is 14.3 Å². The van der Waals surface area contributed by atoms with Gasteiger partial charge < -0.3 is 4.90 Å². The number of rotatable bonds is 6. The van der Waals surface area contributed by atoms with Crippen LogP contribution in [0.15, 0.2) is 24.3 Å². The predicted molar refractivity (Wildman–Crippen MR) is 110 cm³/mol. The molecule has 1 heterocycles. The molecule has 4 rings (SSSR count). The highest BCUT2D eigenvalue weighted by Gasteiger charge is 2.26. The molecule has 0 amide bonds. The van der Waals surface area contributed by atoms with E-state index in [9.17, 15) is 8.42 Å². The lowest BCUT2D eigenvalue weighted by atomic mass is 10.1. The van der Waals surface area contributed by atoms with Crippen molar-refractivity contribution in [3.05, 3.63) is 24.3 Å². The van der Waals surface area contributed by atoms with Crippen LogP contribution in [0.2, 0.25) is 0 Å². The number of hydrogen-bond donors (Lipinski definition) is 2. The third kappa shape index (κ3) is 4.95. The first-order valence-electron chi connectivity index (χ1n) is 10.5. The zero-order valence-electron chi connectivity index (χ0n) is 16.1. The van der Waals surface area contributed by atoms with Crippen molar-refractivity contribution in [2.24, 2.45) is 0 Å². The first-order chi connectivity index (χ1) is 13.1. The fourth-order valence-corrected chi connectivity index (χ4v) is 5.98. The van der Waals surface area contributed by atoms with E-state index in [-0.39, 0.29) is 6.04 Å². The second-order valence-electron chi connectivity index (χ2n) is 8.21. The molecule has 3 fully saturated rings. The summed E-state index contributed by atoms with van der Waals surface area (Å²) in [6.45, 7) is 4.35. The van der Waals surface area contributed by atoms with E-state index >= 15 is 0 Å². The molecule has 0 radical (unpaired) electrons. The molecule has 150 valence electrons. The van der Waals surface area contributed by atoms with Crippen LogP contribution in [-0.4, -0.2) is 51.6 Å². The zero-order valence-corrected chi connectivity index (χ0v) is 16.9. The topological polar surface area (TPSA) is 64.7 Å². The fraction of sp³-hybridized carbons (Fsp3) is 0.700. The summed E-state index contributed by atoms with van der Waals surface area (Å²) >= 11 is 0. The van der Waals surface area contributed by atoms with Crippen LogP contribution in [-0.2, 0) is 10.2 Å². The zero-order chi connectivity index (χ0) is 18.7. The Morgan fingerprint density at radius 2 is 1.41 bits per heavy atom. The average molecular weight is 393 g/mol. The Morgan fingerprint density at radius 3 is 2.04 bits per heavy atom. The number of benzene rings is 1. The molecule has 1 aliphatic heterocycles. The van der Waals surface area contributed by atoms with Crippen molar-refractivity contribution in [1.29, 1.82) is 0 Å². The molecule has 1 saturated heterocycles. The molecule has 27 heavy (non-hydrogen) atoms. The molecule has 1 aromatic carbocycles. The van der Waals surface area contributed by atoms with Gasteiger partial charge in [-0.3, -0.25) is 9.62 Å². The van der Waals surface area contributed by atoms with Crippen LogP contribution in [0.25, 0.3) is 0 Å². The van der Waals surface area contributed by atoms with Gasteiger partial charge in [-0.2, -0.15) is 13.1 Å². The van der Waals surface area contributed by atoms with E-state index in [1.54, 1.807) is 0 Å². The van der Waals surface area contributed by atoms with Gasteiger partial charge in [-0.25, -0.2) is 0 Å². The first-order valence-corrected chi connectivity index (χ1v) is 12.0. The quantitative estimate of drug-likeness (QED) is 0.781. The SMILES string of the molecule is O=S(=O)(Nc1ccc(N2CCN(C3CCCC3)CC2)cc1)NC1CCCC1. The normalized spacial score (nSPS) is 23.2. The van der Waals surface area contributed by atoms with Gasteiger partial charge in [0, 0.05) is 49.6 Å². The lowest BCUT2D eigenvalue weighted by Gasteiger charge is -2.39. The van der Waals surface area contributed by atoms with E-state index in [1.165, 1.54) is 31.4 Å². The van der Waals surface area contributed by atoms with Crippen LogP contribution in [0.3, 0.4) is 0 Å². The van der Waals surface area contributed by atoms with Crippen LogP contribution in [0.4, 0.5) is 11.4 Å². The van der Waals surface area contributed by atoms with Gasteiger partial charge >= 0.3 is 0 Å². The summed E-state index contributed by atoms with van der Waals surface area (Å²) in [4.78, 5) is 5.06. The van der Waals surface area contributed by atoms with Crippen molar-refractivity contribution < 1.29 is 8.42 Å². The Morgan fingerprint density at radius 1 is 0.815 bits per heavy atom. The van der Waals surface area contributed by atoms with Crippen molar-refractivity contribution in [2.75, 3.05) is 35.8 Å². The second-order valence-corrected chi connectivity index (χ2v) is 9.66. The van der Waals surface area contributed by atoms with Crippen molar-refractivity contribution >= 4 is 21.6 Å². The van der Waals surface area contributed by atoms with Crippen LogP contribution >= 0.6 is 0 Å². The molecule has 1 aromatic rings. The van der Waals surface area contributed by atoms with E-state index in [0.717, 1.165) is 57.9 Å². The van der Waals surface area contributed by atoms with Gasteiger partial charge in [0.25, 0.3) is 10.2 Å². The molecule has 2 N–H and O–H groups in total. The molecule has 0 bridgehead atoms. The molecule has 0 aromatic heterocycles. The Balaban J connectivity index is 1.29. The summed E-state index contributed by atoms with van der Waals surface area (Å²) < 4.78 is 29.9. The first kappa shape index (κ1) is 19.0. The largest absolute Gasteiger partial charge is 0.369 e. The molecule has 3 aliphatic rings. The summed E-state index contributed by atoms with van der Waals surface area (Å²) in [5.74, 6) is 0. The summed E-state index contributed by atoms with van der Waals surface area (Å²) in [6, 6.07) is 8.67. The van der Waals surface area contributed by atoms with Crippen molar-refractivity contribution in [1.82, 2.24) is 9.62 Å². The number of hydrogen-bond acceptors (Lipinski definition) is 4. The third-order valence-electron chi connectivity index (χ3n) is 6.32. The molecule has 2 saturated carbocycles. The lowest BCUT2D eigenvalue weighted by Crippen LogP contribution is -2.49. The van der Waals surface area contributed by atoms with Gasteiger partial charge in [0.1, 0.15) is 0 Å². The van der Waals surface area contributed by atoms with Gasteiger partial charge in [-0.15, -0.1) is 0 Å². The summed E-state index contributed by atoms with van der Waals surface area (Å²) in [6.07, 6.45) is 9.59. The minimum Gasteiger partial charge on any atom is -0.369 e. The Hall–Kier alpha value is -1.31. The molecule has 2 aliphatic carbocycles. The average Bonchev–Trinajstić information content (AvgIpc) is 3.36. The standard InChI is InChI=1S/C20H32N4O2S/c25-27(26,21-17-5-1-2-6-17)22-18-9-11-20(12-10-18)24-15-13-23(14-16-24)19-7-3-4-8-19/h9-12,17,19,21-22H,1-8,13-16H2. The summed E-state index contributed by atoms with van der Waals surface area (Å²) in [5.41, 5.74) is 1.79. The van der Waals surface area contributed by atoms with Crippen LogP contribution in [0.1, 0.15) is 51.4 Å². The summed E-state index contributed by atoms with van der Waals surface area (Å²) in [5, 5.41) is 0. The number of anilines is 2. The van der Waals surface area contributed by atoms with Crippen LogP contribution in [0.5, 0.6) is 0 Å². The fourth-order valence-electron chi connectivity index (χ4n) is 4.80. The smallest absolute Gasteiger partial charge is 0.299 e. The highest BCUT2D eigenvalue weighted by molar-refractivity contribution is 7.90. The monoisotopic (exact) mass is 392 g/mol. The molecule has 0 unspecified atom stereocenters. The number of nitrogens with zero attached hydrogens (tertiary/aromatic N) is 2. The van der Waals surface area contributed by atoms with Gasteiger partial charge in [0.05, 0.1) is 0 Å². The van der Waals surface area contributed by atoms with Gasteiger partial charge in [0.15, 0.2) is 0 Å². The Kier molecular flexibility index (Phi) is 5.90.